The van der Waals surface area contributed by atoms with Gasteiger partial charge in [-0.2, -0.15) is 0 Å². The zero-order valence-corrected chi connectivity index (χ0v) is 12.8. The van der Waals surface area contributed by atoms with Gasteiger partial charge in [-0.15, -0.1) is 0 Å². The summed E-state index contributed by atoms with van der Waals surface area (Å²) < 4.78 is 10.8. The van der Waals surface area contributed by atoms with Gasteiger partial charge in [0.15, 0.2) is 0 Å². The van der Waals surface area contributed by atoms with Gasteiger partial charge >= 0.3 is 0 Å². The second kappa shape index (κ2) is 5.73. The van der Waals surface area contributed by atoms with Crippen molar-refractivity contribution in [2.75, 3.05) is 19.6 Å². The Balaban J connectivity index is 3.03. The number of methoxy groups -OCH3 is 2. The molecule has 6 heteroatoms. The predicted molar refractivity (Wildman–Crippen MR) is 81.8 cm³/mol. The fourth-order valence-electron chi connectivity index (χ4n) is 2.46. The van der Waals surface area contributed by atoms with Crippen molar-refractivity contribution in [3.05, 3.63) is 22.3 Å². The first-order valence-corrected chi connectivity index (χ1v) is 6.67. The summed E-state index contributed by atoms with van der Waals surface area (Å²) in [5, 5.41) is 1.20. The van der Waals surface area contributed by atoms with Gasteiger partial charge in [0, 0.05) is 11.8 Å². The van der Waals surface area contributed by atoms with Gasteiger partial charge < -0.3 is 14.9 Å². The highest BCUT2D eigenvalue weighted by molar-refractivity contribution is 6.34. The molecule has 0 aliphatic carbocycles. The quantitative estimate of drug-likeness (QED) is 0.670. The lowest BCUT2D eigenvalue weighted by Gasteiger charge is -2.18. The van der Waals surface area contributed by atoms with E-state index in [1.165, 1.54) is 0 Å². The SMILES string of the molecule is CCc1c(C)nc2c(OC)cc(Cl)c(OC)c2c1NN. The third kappa shape index (κ3) is 2.13. The maximum atomic E-state index is 6.25. The Kier molecular flexibility index (Phi) is 4.20. The number of nitrogens with one attached hydrogen (secondary N) is 1. The van der Waals surface area contributed by atoms with E-state index in [1.807, 2.05) is 13.8 Å². The van der Waals surface area contributed by atoms with Crippen LogP contribution in [0, 0.1) is 6.92 Å². The summed E-state index contributed by atoms with van der Waals surface area (Å²) in [5.41, 5.74) is 6.13. The fourth-order valence-corrected chi connectivity index (χ4v) is 2.73. The molecule has 0 unspecified atom stereocenters. The zero-order chi connectivity index (χ0) is 14.9. The molecule has 2 rings (SSSR count). The Hall–Kier alpha value is -1.72. The molecule has 0 bridgehead atoms. The van der Waals surface area contributed by atoms with Crippen molar-refractivity contribution in [1.29, 1.82) is 0 Å². The third-order valence-corrected chi connectivity index (χ3v) is 3.64. The normalized spacial score (nSPS) is 10.7. The van der Waals surface area contributed by atoms with Crippen LogP contribution in [-0.2, 0) is 6.42 Å². The highest BCUT2D eigenvalue weighted by Gasteiger charge is 2.20. The molecule has 3 N–H and O–H groups in total. The van der Waals surface area contributed by atoms with Gasteiger partial charge in [-0.1, -0.05) is 18.5 Å². The number of halogens is 1. The van der Waals surface area contributed by atoms with E-state index in [9.17, 15) is 0 Å². The van der Waals surface area contributed by atoms with Gasteiger partial charge in [0.1, 0.15) is 17.0 Å². The lowest BCUT2D eigenvalue weighted by molar-refractivity contribution is 0.410. The molecule has 0 spiro atoms. The summed E-state index contributed by atoms with van der Waals surface area (Å²) in [6.45, 7) is 3.99. The summed E-state index contributed by atoms with van der Waals surface area (Å²) in [4.78, 5) is 4.62. The average molecular weight is 296 g/mol. The molecule has 1 aromatic carbocycles. The van der Waals surface area contributed by atoms with Crippen LogP contribution < -0.4 is 20.7 Å². The topological polar surface area (TPSA) is 69.4 Å². The molecule has 20 heavy (non-hydrogen) atoms. The minimum Gasteiger partial charge on any atom is -0.494 e. The number of aryl methyl sites for hydroxylation is 1. The standard InChI is InChI=1S/C14H18ClN3O2/c1-5-8-7(2)17-13-10(19-3)6-9(15)14(20-4)11(13)12(8)18-16/h6H,5,16H2,1-4H3,(H,17,18). The molecule has 0 atom stereocenters. The molecule has 0 radical (unpaired) electrons. The monoisotopic (exact) mass is 295 g/mol. The second-order valence-corrected chi connectivity index (χ2v) is 4.77. The summed E-state index contributed by atoms with van der Waals surface area (Å²) in [7, 11) is 3.15. The zero-order valence-electron chi connectivity index (χ0n) is 12.0. The number of ether oxygens (including phenoxy) is 2. The van der Waals surface area contributed by atoms with Crippen molar-refractivity contribution in [3.63, 3.8) is 0 Å². The molecular weight excluding hydrogens is 278 g/mol. The molecule has 5 nitrogen and oxygen atoms in total. The van der Waals surface area contributed by atoms with Crippen LogP contribution in [0.25, 0.3) is 10.9 Å². The number of pyridine rings is 1. The molecule has 108 valence electrons. The van der Waals surface area contributed by atoms with E-state index in [4.69, 9.17) is 26.9 Å². The molecular formula is C14H18ClN3O2. The largest absolute Gasteiger partial charge is 0.494 e. The number of nitrogens with zero attached hydrogens (tertiary/aromatic N) is 1. The first-order chi connectivity index (χ1) is 9.58. The van der Waals surface area contributed by atoms with E-state index in [1.54, 1.807) is 20.3 Å². The van der Waals surface area contributed by atoms with Gasteiger partial charge in [0.05, 0.1) is 30.3 Å². The number of aromatic nitrogens is 1. The number of hydrazine groups is 1. The maximum absolute atomic E-state index is 6.25. The van der Waals surface area contributed by atoms with Crippen molar-refractivity contribution >= 4 is 28.2 Å². The van der Waals surface area contributed by atoms with Crippen LogP contribution >= 0.6 is 11.6 Å². The third-order valence-electron chi connectivity index (χ3n) is 3.36. The smallest absolute Gasteiger partial charge is 0.149 e. The van der Waals surface area contributed by atoms with Gasteiger partial charge in [0.2, 0.25) is 0 Å². The summed E-state index contributed by atoms with van der Waals surface area (Å²) >= 11 is 6.25. The van der Waals surface area contributed by atoms with E-state index >= 15 is 0 Å². The molecule has 0 aliphatic heterocycles. The average Bonchev–Trinajstić information content (AvgIpc) is 2.45. The number of nitrogens with two attached hydrogens (primary N) is 1. The van der Waals surface area contributed by atoms with Crippen LogP contribution in [0.1, 0.15) is 18.2 Å². The summed E-state index contributed by atoms with van der Waals surface area (Å²) in [6.07, 6.45) is 0.798. The van der Waals surface area contributed by atoms with Crippen molar-refractivity contribution < 1.29 is 9.47 Å². The first kappa shape index (κ1) is 14.7. The van der Waals surface area contributed by atoms with Crippen molar-refractivity contribution in [2.45, 2.75) is 20.3 Å². The van der Waals surface area contributed by atoms with E-state index in [-0.39, 0.29) is 0 Å². The number of fused-ring (bicyclic) bond motifs is 1. The van der Waals surface area contributed by atoms with Gasteiger partial charge in [0.25, 0.3) is 0 Å². The minimum atomic E-state index is 0.459. The first-order valence-electron chi connectivity index (χ1n) is 6.29. The molecule has 1 aromatic heterocycles. The fraction of sp³-hybridized carbons (Fsp3) is 0.357. The van der Waals surface area contributed by atoms with Crippen molar-refractivity contribution in [1.82, 2.24) is 4.98 Å². The molecule has 0 aliphatic rings. The highest BCUT2D eigenvalue weighted by atomic mass is 35.5. The molecule has 2 aromatic rings. The van der Waals surface area contributed by atoms with Crippen LogP contribution in [0.5, 0.6) is 11.5 Å². The Morgan fingerprint density at radius 3 is 2.55 bits per heavy atom. The number of benzene rings is 1. The summed E-state index contributed by atoms with van der Waals surface area (Å²) in [5.74, 6) is 6.84. The highest BCUT2D eigenvalue weighted by Crippen LogP contribution is 2.43. The lowest BCUT2D eigenvalue weighted by Crippen LogP contribution is -2.12. The number of hydrogen-bond acceptors (Lipinski definition) is 5. The Morgan fingerprint density at radius 1 is 1.35 bits per heavy atom. The van der Waals surface area contributed by atoms with E-state index in [2.05, 4.69) is 10.4 Å². The Labute approximate surface area is 123 Å². The number of nitrogen functional groups attached to an aromatic ring is 1. The van der Waals surface area contributed by atoms with E-state index in [0.29, 0.717) is 22.0 Å². The molecule has 0 amide bonds. The predicted octanol–water partition coefficient (Wildman–Crippen LogP) is 3.06. The van der Waals surface area contributed by atoms with Crippen LogP contribution in [0.15, 0.2) is 6.07 Å². The minimum absolute atomic E-state index is 0.459. The molecule has 0 fully saturated rings. The number of rotatable bonds is 4. The van der Waals surface area contributed by atoms with Crippen molar-refractivity contribution in [3.8, 4) is 11.5 Å². The molecule has 0 saturated carbocycles. The van der Waals surface area contributed by atoms with Crippen LogP contribution in [0.2, 0.25) is 5.02 Å². The van der Waals surface area contributed by atoms with Gasteiger partial charge in [-0.3, -0.25) is 5.84 Å². The van der Waals surface area contributed by atoms with Crippen LogP contribution in [0.3, 0.4) is 0 Å². The number of hydrogen-bond donors (Lipinski definition) is 2. The van der Waals surface area contributed by atoms with Gasteiger partial charge in [-0.25, -0.2) is 4.98 Å². The second-order valence-electron chi connectivity index (χ2n) is 4.37. The van der Waals surface area contributed by atoms with E-state index in [0.717, 1.165) is 28.8 Å². The van der Waals surface area contributed by atoms with Crippen LogP contribution in [0.4, 0.5) is 5.69 Å². The lowest BCUT2D eigenvalue weighted by atomic mass is 10.0. The van der Waals surface area contributed by atoms with Crippen LogP contribution in [-0.4, -0.2) is 19.2 Å². The van der Waals surface area contributed by atoms with Crippen molar-refractivity contribution in [2.24, 2.45) is 5.84 Å². The summed E-state index contributed by atoms with van der Waals surface area (Å²) in [6, 6.07) is 1.70. The Bertz CT molecular complexity index is 659. The molecule has 0 saturated heterocycles. The number of anilines is 1. The van der Waals surface area contributed by atoms with Gasteiger partial charge in [-0.05, 0) is 18.9 Å². The molecule has 1 heterocycles. The Morgan fingerprint density at radius 2 is 2.05 bits per heavy atom. The van der Waals surface area contributed by atoms with E-state index < -0.39 is 0 Å². The maximum Gasteiger partial charge on any atom is 0.149 e.